The van der Waals surface area contributed by atoms with Crippen LogP contribution in [0.1, 0.15) is 27.2 Å². The highest BCUT2D eigenvalue weighted by Crippen LogP contribution is 2.24. The molecule has 0 saturated heterocycles. The number of carbonyl (C=O) groups is 1. The van der Waals surface area contributed by atoms with Crippen LogP contribution in [0.3, 0.4) is 0 Å². The molecule has 4 heteroatoms. The zero-order valence-corrected chi connectivity index (χ0v) is 9.83. The van der Waals surface area contributed by atoms with Crippen molar-refractivity contribution in [1.29, 1.82) is 0 Å². The van der Waals surface area contributed by atoms with Crippen LogP contribution in [-0.4, -0.2) is 11.1 Å². The molecule has 0 saturated carbocycles. The first-order valence-corrected chi connectivity index (χ1v) is 5.20. The third-order valence-corrected chi connectivity index (χ3v) is 3.06. The summed E-state index contributed by atoms with van der Waals surface area (Å²) in [7, 11) is 0. The van der Waals surface area contributed by atoms with Gasteiger partial charge in [-0.05, 0) is 43.4 Å². The van der Waals surface area contributed by atoms with Gasteiger partial charge in [-0.3, -0.25) is 0 Å². The molecule has 4 nitrogen and oxygen atoms in total. The van der Waals surface area contributed by atoms with Crippen LogP contribution in [0.4, 0.5) is 0 Å². The maximum Gasteiger partial charge on any atom is 0.372 e. The molecule has 1 aromatic heterocycles. The van der Waals surface area contributed by atoms with Gasteiger partial charge in [-0.25, -0.2) is 9.59 Å². The zero-order valence-electron chi connectivity index (χ0n) is 9.83. The second-order valence-electron chi connectivity index (χ2n) is 4.08. The molecular weight excluding hydrogens is 220 g/mol. The minimum atomic E-state index is -1.22. The predicted molar refractivity (Wildman–Crippen MR) is 63.7 cm³/mol. The van der Waals surface area contributed by atoms with Gasteiger partial charge in [0.25, 0.3) is 0 Å². The zero-order chi connectivity index (χ0) is 12.7. The standard InChI is InChI=1S/C13H12O4/c1-6-4-5-9-10(7(6)2)8(3)11(12(14)15)17-13(9)16/h4-5H,1-3H3,(H,14,15). The second kappa shape index (κ2) is 3.73. The molecule has 0 spiro atoms. The lowest BCUT2D eigenvalue weighted by atomic mass is 9.98. The van der Waals surface area contributed by atoms with Crippen molar-refractivity contribution in [3.63, 3.8) is 0 Å². The number of fused-ring (bicyclic) bond motifs is 1. The van der Waals surface area contributed by atoms with E-state index in [4.69, 9.17) is 9.52 Å². The van der Waals surface area contributed by atoms with Crippen LogP contribution < -0.4 is 5.63 Å². The van der Waals surface area contributed by atoms with Crippen LogP contribution in [0.15, 0.2) is 21.3 Å². The van der Waals surface area contributed by atoms with Crippen LogP contribution in [0.25, 0.3) is 10.8 Å². The molecule has 17 heavy (non-hydrogen) atoms. The molecule has 0 amide bonds. The van der Waals surface area contributed by atoms with Crippen molar-refractivity contribution in [1.82, 2.24) is 0 Å². The van der Waals surface area contributed by atoms with Crippen molar-refractivity contribution in [2.75, 3.05) is 0 Å². The van der Waals surface area contributed by atoms with Gasteiger partial charge in [0.05, 0.1) is 5.39 Å². The van der Waals surface area contributed by atoms with E-state index < -0.39 is 11.6 Å². The van der Waals surface area contributed by atoms with E-state index >= 15 is 0 Å². The fourth-order valence-electron chi connectivity index (χ4n) is 2.01. The minimum absolute atomic E-state index is 0.281. The molecule has 0 unspecified atom stereocenters. The minimum Gasteiger partial charge on any atom is -0.475 e. The van der Waals surface area contributed by atoms with Gasteiger partial charge in [0.1, 0.15) is 0 Å². The topological polar surface area (TPSA) is 67.5 Å². The van der Waals surface area contributed by atoms with Gasteiger partial charge < -0.3 is 9.52 Å². The highest BCUT2D eigenvalue weighted by molar-refractivity contribution is 5.96. The molecule has 0 aliphatic carbocycles. The Morgan fingerprint density at radius 3 is 2.41 bits per heavy atom. The summed E-state index contributed by atoms with van der Waals surface area (Å²) in [6.07, 6.45) is 0. The van der Waals surface area contributed by atoms with Crippen LogP contribution in [-0.2, 0) is 0 Å². The molecule has 2 rings (SSSR count). The van der Waals surface area contributed by atoms with Crippen LogP contribution in [0, 0.1) is 20.8 Å². The molecule has 0 atom stereocenters. The predicted octanol–water partition coefficient (Wildman–Crippen LogP) is 2.42. The van der Waals surface area contributed by atoms with Crippen molar-refractivity contribution < 1.29 is 14.3 Å². The summed E-state index contributed by atoms with van der Waals surface area (Å²) < 4.78 is 4.82. The van der Waals surface area contributed by atoms with Gasteiger partial charge in [-0.15, -0.1) is 0 Å². The first-order valence-electron chi connectivity index (χ1n) is 5.20. The van der Waals surface area contributed by atoms with Crippen LogP contribution in [0.5, 0.6) is 0 Å². The number of aromatic carboxylic acids is 1. The Morgan fingerprint density at radius 1 is 1.18 bits per heavy atom. The average Bonchev–Trinajstić information content (AvgIpc) is 2.26. The molecule has 0 bridgehead atoms. The maximum atomic E-state index is 11.7. The van der Waals surface area contributed by atoms with E-state index in [0.29, 0.717) is 16.3 Å². The second-order valence-corrected chi connectivity index (χ2v) is 4.08. The first kappa shape index (κ1) is 11.4. The number of benzene rings is 1. The molecule has 1 heterocycles. The lowest BCUT2D eigenvalue weighted by Gasteiger charge is -2.09. The van der Waals surface area contributed by atoms with Gasteiger partial charge in [0, 0.05) is 5.56 Å². The van der Waals surface area contributed by atoms with Gasteiger partial charge in [-0.2, -0.15) is 0 Å². The fourth-order valence-corrected chi connectivity index (χ4v) is 2.01. The number of carboxylic acid groups (broad SMARTS) is 1. The summed E-state index contributed by atoms with van der Waals surface area (Å²) in [4.78, 5) is 22.7. The van der Waals surface area contributed by atoms with Crippen molar-refractivity contribution in [3.05, 3.63) is 45.0 Å². The number of carboxylic acids is 1. The van der Waals surface area contributed by atoms with E-state index in [0.717, 1.165) is 11.1 Å². The Morgan fingerprint density at radius 2 is 1.82 bits per heavy atom. The summed E-state index contributed by atoms with van der Waals surface area (Å²) in [6.45, 7) is 5.44. The van der Waals surface area contributed by atoms with Gasteiger partial charge in [-0.1, -0.05) is 6.07 Å². The Bertz CT molecular complexity index is 680. The van der Waals surface area contributed by atoms with Crippen molar-refractivity contribution in [3.8, 4) is 0 Å². The number of aryl methyl sites for hydroxylation is 3. The van der Waals surface area contributed by atoms with E-state index in [1.165, 1.54) is 0 Å². The van der Waals surface area contributed by atoms with Crippen molar-refractivity contribution >= 4 is 16.7 Å². The Kier molecular flexibility index (Phi) is 2.50. The average molecular weight is 232 g/mol. The third kappa shape index (κ3) is 1.62. The van der Waals surface area contributed by atoms with Crippen LogP contribution in [0.2, 0.25) is 0 Å². The molecule has 1 N–H and O–H groups in total. The van der Waals surface area contributed by atoms with Gasteiger partial charge >= 0.3 is 11.6 Å². The Labute approximate surface area is 97.5 Å². The molecular formula is C13H12O4. The smallest absolute Gasteiger partial charge is 0.372 e. The molecule has 2 aromatic rings. The quantitative estimate of drug-likeness (QED) is 0.819. The van der Waals surface area contributed by atoms with E-state index in [9.17, 15) is 9.59 Å². The van der Waals surface area contributed by atoms with Crippen molar-refractivity contribution in [2.45, 2.75) is 20.8 Å². The summed E-state index contributed by atoms with van der Waals surface area (Å²) in [5.41, 5.74) is 1.82. The largest absolute Gasteiger partial charge is 0.475 e. The van der Waals surface area contributed by atoms with E-state index in [2.05, 4.69) is 0 Å². The Balaban J connectivity index is 3.06. The van der Waals surface area contributed by atoms with Crippen LogP contribution >= 0.6 is 0 Å². The highest BCUT2D eigenvalue weighted by Gasteiger charge is 2.17. The lowest BCUT2D eigenvalue weighted by molar-refractivity contribution is 0.0656. The van der Waals surface area contributed by atoms with E-state index in [1.54, 1.807) is 13.0 Å². The lowest BCUT2D eigenvalue weighted by Crippen LogP contribution is -2.10. The Hall–Kier alpha value is -2.10. The summed E-state index contributed by atoms with van der Waals surface area (Å²) in [5, 5.41) is 10.1. The molecule has 0 aliphatic rings. The molecule has 0 radical (unpaired) electrons. The normalized spacial score (nSPS) is 10.8. The highest BCUT2D eigenvalue weighted by atomic mass is 16.4. The molecule has 1 aromatic carbocycles. The number of hydrogen-bond donors (Lipinski definition) is 1. The maximum absolute atomic E-state index is 11.7. The fraction of sp³-hybridized carbons (Fsp3) is 0.231. The van der Waals surface area contributed by atoms with E-state index in [-0.39, 0.29) is 5.76 Å². The van der Waals surface area contributed by atoms with Gasteiger partial charge in [0.2, 0.25) is 5.76 Å². The summed E-state index contributed by atoms with van der Waals surface area (Å²) in [5.74, 6) is -1.50. The van der Waals surface area contributed by atoms with Crippen molar-refractivity contribution in [2.24, 2.45) is 0 Å². The third-order valence-electron chi connectivity index (χ3n) is 3.06. The number of rotatable bonds is 1. The summed E-state index contributed by atoms with van der Waals surface area (Å²) in [6, 6.07) is 3.50. The monoisotopic (exact) mass is 232 g/mol. The molecule has 0 aliphatic heterocycles. The first-order chi connectivity index (χ1) is 7.93. The van der Waals surface area contributed by atoms with E-state index in [1.807, 2.05) is 19.9 Å². The number of hydrogen-bond acceptors (Lipinski definition) is 3. The van der Waals surface area contributed by atoms with Gasteiger partial charge in [0.15, 0.2) is 0 Å². The molecule has 88 valence electrons. The molecule has 0 fully saturated rings. The SMILES string of the molecule is Cc1ccc2c(=O)oc(C(=O)O)c(C)c2c1C. The summed E-state index contributed by atoms with van der Waals surface area (Å²) >= 11 is 0.